The lowest BCUT2D eigenvalue weighted by molar-refractivity contribution is -0.127. The third kappa shape index (κ3) is 1.84. The average molecular weight is 219 g/mol. The van der Waals surface area contributed by atoms with Crippen molar-refractivity contribution < 1.29 is 4.79 Å². The molecule has 1 rings (SSSR count). The Morgan fingerprint density at radius 3 is 1.81 bits per heavy atom. The van der Waals surface area contributed by atoms with Crippen LogP contribution in [0.25, 0.3) is 0 Å². The first-order chi connectivity index (χ1) is 7.44. The predicted octanol–water partition coefficient (Wildman–Crippen LogP) is 2.72. The molecule has 0 aliphatic heterocycles. The van der Waals surface area contributed by atoms with Gasteiger partial charge in [0.25, 0.3) is 0 Å². The van der Waals surface area contributed by atoms with Gasteiger partial charge in [-0.25, -0.2) is 0 Å². The maximum atomic E-state index is 11.9. The SMILES string of the molecule is CC(C)C(C(N)=O)(c1ccccc1)C(C)C. The second-order valence-electron chi connectivity index (χ2n) is 4.91. The normalized spacial score (nSPS) is 12.1. The molecule has 0 aromatic heterocycles. The van der Waals surface area contributed by atoms with E-state index in [0.29, 0.717) is 0 Å². The number of primary amides is 1. The zero-order valence-electron chi connectivity index (χ0n) is 10.5. The molecule has 16 heavy (non-hydrogen) atoms. The number of nitrogens with two attached hydrogens (primary N) is 1. The highest BCUT2D eigenvalue weighted by Gasteiger charge is 2.44. The van der Waals surface area contributed by atoms with Crippen LogP contribution < -0.4 is 5.73 Å². The minimum absolute atomic E-state index is 0.187. The fourth-order valence-electron chi connectivity index (χ4n) is 2.76. The number of carbonyl (C=O) groups is 1. The van der Waals surface area contributed by atoms with E-state index in [0.717, 1.165) is 5.56 Å². The minimum Gasteiger partial charge on any atom is -0.369 e. The van der Waals surface area contributed by atoms with Gasteiger partial charge in [-0.3, -0.25) is 4.79 Å². The summed E-state index contributed by atoms with van der Waals surface area (Å²) in [7, 11) is 0. The summed E-state index contributed by atoms with van der Waals surface area (Å²) in [6.45, 7) is 8.21. The van der Waals surface area contributed by atoms with E-state index in [1.54, 1.807) is 0 Å². The minimum atomic E-state index is -0.568. The van der Waals surface area contributed by atoms with Gasteiger partial charge in [0.05, 0.1) is 5.41 Å². The second kappa shape index (κ2) is 4.69. The summed E-state index contributed by atoms with van der Waals surface area (Å²) in [5, 5.41) is 0. The Balaban J connectivity index is 3.40. The van der Waals surface area contributed by atoms with Gasteiger partial charge in [-0.05, 0) is 17.4 Å². The Bertz CT molecular complexity index is 346. The van der Waals surface area contributed by atoms with Crippen molar-refractivity contribution >= 4 is 5.91 Å². The highest BCUT2D eigenvalue weighted by Crippen LogP contribution is 2.39. The van der Waals surface area contributed by atoms with Gasteiger partial charge in [-0.1, -0.05) is 58.0 Å². The van der Waals surface area contributed by atoms with Crippen LogP contribution >= 0.6 is 0 Å². The molecule has 88 valence electrons. The van der Waals surface area contributed by atoms with Crippen molar-refractivity contribution in [2.24, 2.45) is 17.6 Å². The van der Waals surface area contributed by atoms with Gasteiger partial charge >= 0.3 is 0 Å². The lowest BCUT2D eigenvalue weighted by Crippen LogP contribution is -2.49. The zero-order valence-corrected chi connectivity index (χ0v) is 10.5. The number of hydrogen-bond acceptors (Lipinski definition) is 1. The molecular formula is C14H21NO. The van der Waals surface area contributed by atoms with Gasteiger partial charge < -0.3 is 5.73 Å². The lowest BCUT2D eigenvalue weighted by atomic mass is 9.64. The molecule has 0 radical (unpaired) electrons. The molecule has 0 spiro atoms. The third-order valence-electron chi connectivity index (χ3n) is 3.48. The van der Waals surface area contributed by atoms with Crippen LogP contribution in [0.4, 0.5) is 0 Å². The first-order valence-electron chi connectivity index (χ1n) is 5.79. The molecule has 0 heterocycles. The summed E-state index contributed by atoms with van der Waals surface area (Å²) in [5.41, 5.74) is 6.12. The molecule has 0 unspecified atom stereocenters. The molecule has 0 fully saturated rings. The maximum absolute atomic E-state index is 11.9. The molecule has 1 aromatic carbocycles. The lowest BCUT2D eigenvalue weighted by Gasteiger charge is -2.39. The van der Waals surface area contributed by atoms with E-state index in [4.69, 9.17) is 5.73 Å². The molecule has 0 aliphatic carbocycles. The number of carbonyl (C=O) groups excluding carboxylic acids is 1. The van der Waals surface area contributed by atoms with Crippen LogP contribution in [0.2, 0.25) is 0 Å². The quantitative estimate of drug-likeness (QED) is 0.831. The van der Waals surface area contributed by atoms with E-state index in [-0.39, 0.29) is 17.7 Å². The van der Waals surface area contributed by atoms with Crippen molar-refractivity contribution in [3.05, 3.63) is 35.9 Å². The highest BCUT2D eigenvalue weighted by atomic mass is 16.1. The molecule has 0 bridgehead atoms. The molecule has 0 atom stereocenters. The Hall–Kier alpha value is -1.31. The molecule has 2 N–H and O–H groups in total. The predicted molar refractivity (Wildman–Crippen MR) is 67.0 cm³/mol. The monoisotopic (exact) mass is 219 g/mol. The van der Waals surface area contributed by atoms with Gasteiger partial charge in [0.2, 0.25) is 5.91 Å². The van der Waals surface area contributed by atoms with Gasteiger partial charge in [0.1, 0.15) is 0 Å². The van der Waals surface area contributed by atoms with E-state index in [1.807, 2.05) is 30.3 Å². The largest absolute Gasteiger partial charge is 0.369 e. The van der Waals surface area contributed by atoms with Crippen molar-refractivity contribution in [3.8, 4) is 0 Å². The summed E-state index contributed by atoms with van der Waals surface area (Å²) < 4.78 is 0. The zero-order chi connectivity index (χ0) is 12.3. The maximum Gasteiger partial charge on any atom is 0.228 e. The topological polar surface area (TPSA) is 43.1 Å². The Morgan fingerprint density at radius 1 is 1.06 bits per heavy atom. The summed E-state index contributed by atoms with van der Waals surface area (Å²) in [6.07, 6.45) is 0. The Kier molecular flexibility index (Phi) is 3.74. The number of hydrogen-bond donors (Lipinski definition) is 1. The summed E-state index contributed by atoms with van der Waals surface area (Å²) in [5.74, 6) is 0.142. The molecule has 2 nitrogen and oxygen atoms in total. The van der Waals surface area contributed by atoms with Gasteiger partial charge in [0, 0.05) is 0 Å². The van der Waals surface area contributed by atoms with E-state index in [9.17, 15) is 4.79 Å². The van der Waals surface area contributed by atoms with Crippen LogP contribution in [-0.2, 0) is 10.2 Å². The van der Waals surface area contributed by atoms with E-state index >= 15 is 0 Å². The fourth-order valence-corrected chi connectivity index (χ4v) is 2.76. The Labute approximate surface area is 97.9 Å². The van der Waals surface area contributed by atoms with Crippen LogP contribution in [0.1, 0.15) is 33.3 Å². The standard InChI is InChI=1S/C14H21NO/c1-10(2)14(11(3)4,13(15)16)12-8-6-5-7-9-12/h5-11H,1-4H3,(H2,15,16). The molecule has 1 aromatic rings. The first kappa shape index (κ1) is 12.8. The van der Waals surface area contributed by atoms with Crippen molar-refractivity contribution in [2.75, 3.05) is 0 Å². The molecule has 1 amide bonds. The fraction of sp³-hybridized carbons (Fsp3) is 0.500. The van der Waals surface area contributed by atoms with Crippen molar-refractivity contribution in [2.45, 2.75) is 33.1 Å². The highest BCUT2D eigenvalue weighted by molar-refractivity contribution is 5.87. The first-order valence-corrected chi connectivity index (χ1v) is 5.79. The van der Waals surface area contributed by atoms with Gasteiger partial charge in [0.15, 0.2) is 0 Å². The van der Waals surface area contributed by atoms with Gasteiger partial charge in [-0.15, -0.1) is 0 Å². The molecule has 0 aliphatic rings. The molecule has 0 saturated carbocycles. The smallest absolute Gasteiger partial charge is 0.228 e. The molecule has 2 heteroatoms. The van der Waals surface area contributed by atoms with Crippen molar-refractivity contribution in [1.29, 1.82) is 0 Å². The molecule has 0 saturated heterocycles. The van der Waals surface area contributed by atoms with Gasteiger partial charge in [-0.2, -0.15) is 0 Å². The van der Waals surface area contributed by atoms with Crippen molar-refractivity contribution in [1.82, 2.24) is 0 Å². The van der Waals surface area contributed by atoms with Crippen LogP contribution in [0.15, 0.2) is 30.3 Å². The van der Waals surface area contributed by atoms with E-state index in [1.165, 1.54) is 0 Å². The van der Waals surface area contributed by atoms with Crippen LogP contribution in [0.3, 0.4) is 0 Å². The Morgan fingerprint density at radius 2 is 1.50 bits per heavy atom. The van der Waals surface area contributed by atoms with Crippen molar-refractivity contribution in [3.63, 3.8) is 0 Å². The average Bonchev–Trinajstić information content (AvgIpc) is 2.18. The van der Waals surface area contributed by atoms with Crippen LogP contribution in [0, 0.1) is 11.8 Å². The molecular weight excluding hydrogens is 198 g/mol. The van der Waals surface area contributed by atoms with E-state index in [2.05, 4.69) is 27.7 Å². The third-order valence-corrected chi connectivity index (χ3v) is 3.48. The summed E-state index contributed by atoms with van der Waals surface area (Å²) in [4.78, 5) is 11.9. The van der Waals surface area contributed by atoms with E-state index < -0.39 is 5.41 Å². The van der Waals surface area contributed by atoms with Crippen LogP contribution in [-0.4, -0.2) is 5.91 Å². The van der Waals surface area contributed by atoms with Crippen LogP contribution in [0.5, 0.6) is 0 Å². The summed E-state index contributed by atoms with van der Waals surface area (Å²) >= 11 is 0. The number of benzene rings is 1. The second-order valence-corrected chi connectivity index (χ2v) is 4.91. The summed E-state index contributed by atoms with van der Waals surface area (Å²) in [6, 6.07) is 9.85. The number of amides is 1. The number of rotatable bonds is 4.